The fourth-order valence-electron chi connectivity index (χ4n) is 2.17. The first-order valence-electron chi connectivity index (χ1n) is 8.78. The van der Waals surface area contributed by atoms with Crippen molar-refractivity contribution >= 4 is 45.1 Å². The van der Waals surface area contributed by atoms with Gasteiger partial charge in [0.2, 0.25) is 0 Å². The largest absolute Gasteiger partial charge is 0.496 e. The standard InChI is InChI=1S/C20H22BrN3O4S/c1-12(2)11-28-15-7-4-13(5-8-15)19(26)23-24-20(29)22-18(25)14-6-9-17(27-3)16(21)10-14/h4-10,12H,11H2,1-3H3,(H,23,26)(H2,22,24,25,29). The third-order valence-electron chi connectivity index (χ3n) is 3.63. The smallest absolute Gasteiger partial charge is 0.269 e. The maximum absolute atomic E-state index is 12.2. The average molecular weight is 480 g/mol. The summed E-state index contributed by atoms with van der Waals surface area (Å²) in [6.07, 6.45) is 0. The average Bonchev–Trinajstić information content (AvgIpc) is 2.70. The number of methoxy groups -OCH3 is 1. The van der Waals surface area contributed by atoms with Crippen molar-refractivity contribution in [3.63, 3.8) is 0 Å². The first-order chi connectivity index (χ1) is 13.8. The maximum Gasteiger partial charge on any atom is 0.269 e. The number of hydrazine groups is 1. The van der Waals surface area contributed by atoms with Crippen molar-refractivity contribution in [2.75, 3.05) is 13.7 Å². The van der Waals surface area contributed by atoms with Gasteiger partial charge < -0.3 is 9.47 Å². The minimum absolute atomic E-state index is 0.0350. The lowest BCUT2D eigenvalue weighted by atomic mass is 10.2. The summed E-state index contributed by atoms with van der Waals surface area (Å²) in [4.78, 5) is 24.4. The molecule has 9 heteroatoms. The molecule has 3 N–H and O–H groups in total. The van der Waals surface area contributed by atoms with Gasteiger partial charge in [-0.1, -0.05) is 13.8 Å². The van der Waals surface area contributed by atoms with Gasteiger partial charge in [0.15, 0.2) is 5.11 Å². The number of halogens is 1. The summed E-state index contributed by atoms with van der Waals surface area (Å²) >= 11 is 8.37. The van der Waals surface area contributed by atoms with Crippen LogP contribution in [-0.2, 0) is 0 Å². The molecule has 0 aliphatic heterocycles. The van der Waals surface area contributed by atoms with Gasteiger partial charge in [0.1, 0.15) is 11.5 Å². The zero-order chi connectivity index (χ0) is 21.4. The Hall–Kier alpha value is -2.65. The van der Waals surface area contributed by atoms with Crippen LogP contribution in [-0.4, -0.2) is 30.6 Å². The zero-order valence-electron chi connectivity index (χ0n) is 16.2. The van der Waals surface area contributed by atoms with E-state index in [0.717, 1.165) is 0 Å². The molecule has 0 saturated heterocycles. The van der Waals surface area contributed by atoms with Gasteiger partial charge in [0.05, 0.1) is 18.2 Å². The molecule has 2 aromatic rings. The Kier molecular flexibility index (Phi) is 8.41. The SMILES string of the molecule is COc1ccc(C(=O)NC(=S)NNC(=O)c2ccc(OCC(C)C)cc2)cc1Br. The van der Waals surface area contributed by atoms with E-state index in [1.165, 1.54) is 7.11 Å². The number of hydrogen-bond donors (Lipinski definition) is 3. The lowest BCUT2D eigenvalue weighted by Crippen LogP contribution is -2.48. The predicted molar refractivity (Wildman–Crippen MR) is 118 cm³/mol. The number of amides is 2. The van der Waals surface area contributed by atoms with Crippen LogP contribution in [0, 0.1) is 5.92 Å². The Bertz CT molecular complexity index is 888. The molecule has 2 amide bonds. The van der Waals surface area contributed by atoms with E-state index < -0.39 is 11.8 Å². The molecular formula is C20H22BrN3O4S. The normalized spacial score (nSPS) is 10.2. The highest BCUT2D eigenvalue weighted by atomic mass is 79.9. The van der Waals surface area contributed by atoms with Crippen molar-refractivity contribution < 1.29 is 19.1 Å². The van der Waals surface area contributed by atoms with Crippen molar-refractivity contribution in [1.82, 2.24) is 16.2 Å². The number of hydrogen-bond acceptors (Lipinski definition) is 5. The van der Waals surface area contributed by atoms with Crippen molar-refractivity contribution in [2.24, 2.45) is 5.92 Å². The Morgan fingerprint density at radius 1 is 1.03 bits per heavy atom. The molecule has 29 heavy (non-hydrogen) atoms. The highest BCUT2D eigenvalue weighted by molar-refractivity contribution is 9.10. The first-order valence-corrected chi connectivity index (χ1v) is 9.98. The molecule has 0 radical (unpaired) electrons. The molecule has 0 saturated carbocycles. The Balaban J connectivity index is 1.84. The van der Waals surface area contributed by atoms with E-state index in [9.17, 15) is 9.59 Å². The van der Waals surface area contributed by atoms with Crippen molar-refractivity contribution in [1.29, 1.82) is 0 Å². The van der Waals surface area contributed by atoms with Gasteiger partial charge in [-0.2, -0.15) is 0 Å². The molecule has 0 aromatic heterocycles. The summed E-state index contributed by atoms with van der Waals surface area (Å²) in [5.41, 5.74) is 5.74. The number of thiocarbonyl (C=S) groups is 1. The van der Waals surface area contributed by atoms with E-state index in [1.807, 2.05) is 0 Å². The summed E-state index contributed by atoms with van der Waals surface area (Å²) in [5, 5.41) is 2.45. The zero-order valence-corrected chi connectivity index (χ0v) is 18.6. The van der Waals surface area contributed by atoms with Gasteiger partial charge in [-0.25, -0.2) is 0 Å². The van der Waals surface area contributed by atoms with Gasteiger partial charge in [-0.15, -0.1) is 0 Å². The van der Waals surface area contributed by atoms with Crippen LogP contribution in [0.4, 0.5) is 0 Å². The number of carbonyl (C=O) groups is 2. The van der Waals surface area contributed by atoms with E-state index in [2.05, 4.69) is 45.9 Å². The number of ether oxygens (including phenoxy) is 2. The first kappa shape index (κ1) is 22.6. The second kappa shape index (κ2) is 10.8. The predicted octanol–water partition coefficient (Wildman–Crippen LogP) is 3.44. The Labute approximate surface area is 183 Å². The van der Waals surface area contributed by atoms with E-state index >= 15 is 0 Å². The number of rotatable bonds is 6. The highest BCUT2D eigenvalue weighted by Gasteiger charge is 2.12. The van der Waals surface area contributed by atoms with Gasteiger partial charge >= 0.3 is 0 Å². The third-order valence-corrected chi connectivity index (χ3v) is 4.45. The molecule has 0 spiro atoms. The van der Waals surface area contributed by atoms with Crippen LogP contribution >= 0.6 is 28.1 Å². The van der Waals surface area contributed by atoms with Crippen LogP contribution in [0.1, 0.15) is 34.6 Å². The highest BCUT2D eigenvalue weighted by Crippen LogP contribution is 2.25. The van der Waals surface area contributed by atoms with Crippen LogP contribution in [0.3, 0.4) is 0 Å². The molecule has 0 bridgehead atoms. The third kappa shape index (κ3) is 7.03. The molecule has 0 aliphatic rings. The number of carbonyl (C=O) groups excluding carboxylic acids is 2. The van der Waals surface area contributed by atoms with E-state index in [1.54, 1.807) is 42.5 Å². The van der Waals surface area contributed by atoms with Crippen LogP contribution in [0.25, 0.3) is 0 Å². The second-order valence-electron chi connectivity index (χ2n) is 6.44. The summed E-state index contributed by atoms with van der Waals surface area (Å²) < 4.78 is 11.3. The lowest BCUT2D eigenvalue weighted by molar-refractivity contribution is 0.0934. The summed E-state index contributed by atoms with van der Waals surface area (Å²) in [6.45, 7) is 4.72. The van der Waals surface area contributed by atoms with Crippen LogP contribution < -0.4 is 25.6 Å². The number of nitrogens with one attached hydrogen (secondary N) is 3. The topological polar surface area (TPSA) is 88.7 Å². The van der Waals surface area contributed by atoms with Crippen molar-refractivity contribution in [3.05, 3.63) is 58.1 Å². The minimum Gasteiger partial charge on any atom is -0.496 e. The molecule has 2 aromatic carbocycles. The second-order valence-corrected chi connectivity index (χ2v) is 7.70. The fourth-order valence-corrected chi connectivity index (χ4v) is 2.85. The summed E-state index contributed by atoms with van der Waals surface area (Å²) in [6, 6.07) is 11.6. The lowest BCUT2D eigenvalue weighted by Gasteiger charge is -2.12. The molecule has 154 valence electrons. The fraction of sp³-hybridized carbons (Fsp3) is 0.250. The molecule has 0 unspecified atom stereocenters. The number of benzene rings is 2. The molecular weight excluding hydrogens is 458 g/mol. The molecule has 0 aliphatic carbocycles. The molecule has 0 fully saturated rings. The van der Waals surface area contributed by atoms with Crippen molar-refractivity contribution in [3.8, 4) is 11.5 Å². The van der Waals surface area contributed by atoms with E-state index in [-0.39, 0.29) is 5.11 Å². The van der Waals surface area contributed by atoms with Gasteiger partial charge in [-0.05, 0) is 76.5 Å². The van der Waals surface area contributed by atoms with Crippen LogP contribution in [0.15, 0.2) is 46.9 Å². The van der Waals surface area contributed by atoms with Crippen LogP contribution in [0.5, 0.6) is 11.5 Å². The molecule has 0 heterocycles. The Morgan fingerprint density at radius 2 is 1.69 bits per heavy atom. The van der Waals surface area contributed by atoms with Crippen LogP contribution in [0.2, 0.25) is 0 Å². The molecule has 7 nitrogen and oxygen atoms in total. The van der Waals surface area contributed by atoms with Gasteiger partial charge in [0, 0.05) is 11.1 Å². The van der Waals surface area contributed by atoms with Gasteiger partial charge in [0.25, 0.3) is 11.8 Å². The minimum atomic E-state index is -0.424. The maximum atomic E-state index is 12.2. The monoisotopic (exact) mass is 479 g/mol. The molecule has 2 rings (SSSR count). The summed E-state index contributed by atoms with van der Waals surface area (Å²) in [7, 11) is 1.54. The van der Waals surface area contributed by atoms with Crippen molar-refractivity contribution in [2.45, 2.75) is 13.8 Å². The summed E-state index contributed by atoms with van der Waals surface area (Å²) in [5.74, 6) is 0.889. The van der Waals surface area contributed by atoms with Gasteiger partial charge in [-0.3, -0.25) is 25.8 Å². The quantitative estimate of drug-likeness (QED) is 0.434. The molecule has 0 atom stereocenters. The van der Waals surface area contributed by atoms with E-state index in [0.29, 0.717) is 39.6 Å². The Morgan fingerprint density at radius 3 is 2.28 bits per heavy atom. The van der Waals surface area contributed by atoms with E-state index in [4.69, 9.17) is 21.7 Å².